The Balaban J connectivity index is 2.04. The molecule has 0 aliphatic carbocycles. The van der Waals surface area contributed by atoms with Crippen molar-refractivity contribution in [3.05, 3.63) is 46.6 Å². The first-order valence-corrected chi connectivity index (χ1v) is 9.36. The molecule has 3 aromatic rings. The van der Waals surface area contributed by atoms with E-state index in [-0.39, 0.29) is 5.91 Å². The van der Waals surface area contributed by atoms with Gasteiger partial charge in [-0.3, -0.25) is 14.0 Å². The molecule has 0 spiro atoms. The highest BCUT2D eigenvalue weighted by Gasteiger charge is 2.26. The Morgan fingerprint density at radius 1 is 1.35 bits per heavy atom. The maximum absolute atomic E-state index is 12.9. The number of benzene rings is 1. The van der Waals surface area contributed by atoms with Crippen LogP contribution >= 0.6 is 11.3 Å². The molecule has 0 bridgehead atoms. The van der Waals surface area contributed by atoms with Crippen molar-refractivity contribution in [3.8, 4) is 11.3 Å². The molecule has 7 heteroatoms. The van der Waals surface area contributed by atoms with Gasteiger partial charge in [0.05, 0.1) is 5.69 Å². The lowest BCUT2D eigenvalue weighted by Gasteiger charge is -2.25. The molecule has 136 valence electrons. The average molecular weight is 370 g/mol. The van der Waals surface area contributed by atoms with Crippen molar-refractivity contribution in [2.45, 2.75) is 33.7 Å². The van der Waals surface area contributed by atoms with Crippen molar-refractivity contribution in [2.75, 3.05) is 6.54 Å². The van der Waals surface area contributed by atoms with E-state index in [1.165, 1.54) is 16.2 Å². The van der Waals surface area contributed by atoms with E-state index in [9.17, 15) is 9.59 Å². The predicted molar refractivity (Wildman–Crippen MR) is 103 cm³/mol. The molecule has 0 radical (unpaired) electrons. The molecule has 6 nitrogen and oxygen atoms in total. The summed E-state index contributed by atoms with van der Waals surface area (Å²) in [4.78, 5) is 31.3. The Kier molecular flexibility index (Phi) is 4.82. The van der Waals surface area contributed by atoms with Crippen LogP contribution < -0.4 is 5.73 Å². The summed E-state index contributed by atoms with van der Waals surface area (Å²) in [5.41, 5.74) is 10.0. The summed E-state index contributed by atoms with van der Waals surface area (Å²) in [5, 5.41) is 1.77. The summed E-state index contributed by atoms with van der Waals surface area (Å²) in [6.07, 6.45) is 1.88. The summed E-state index contributed by atoms with van der Waals surface area (Å²) < 4.78 is 1.79. The Morgan fingerprint density at radius 3 is 2.73 bits per heavy atom. The number of amides is 2. The van der Waals surface area contributed by atoms with Gasteiger partial charge in [0.15, 0.2) is 4.96 Å². The number of hydrogen-bond acceptors (Lipinski definition) is 4. The van der Waals surface area contributed by atoms with Crippen LogP contribution in [0.2, 0.25) is 0 Å². The van der Waals surface area contributed by atoms with Crippen LogP contribution in [-0.4, -0.2) is 38.7 Å². The number of fused-ring (bicyclic) bond motifs is 1. The second-order valence-electron chi connectivity index (χ2n) is 6.39. The number of carbonyl (C=O) groups is 2. The van der Waals surface area contributed by atoms with Gasteiger partial charge in [0.2, 0.25) is 5.91 Å². The maximum atomic E-state index is 12.9. The van der Waals surface area contributed by atoms with Crippen LogP contribution in [0.1, 0.15) is 35.5 Å². The molecule has 2 amide bonds. The van der Waals surface area contributed by atoms with Crippen LogP contribution in [0.25, 0.3) is 16.2 Å². The van der Waals surface area contributed by atoms with E-state index in [1.807, 2.05) is 27.0 Å². The second kappa shape index (κ2) is 6.92. The van der Waals surface area contributed by atoms with E-state index >= 15 is 0 Å². The lowest BCUT2D eigenvalue weighted by atomic mass is 10.0. The molecule has 0 aliphatic heterocycles. The van der Waals surface area contributed by atoms with Crippen LogP contribution in [0.3, 0.4) is 0 Å². The van der Waals surface area contributed by atoms with E-state index in [4.69, 9.17) is 5.73 Å². The minimum absolute atomic E-state index is 0.227. The standard InChI is InChI=1S/C19H22N4O2S/c1-5-22(13(4)17(20)24)18(25)16-10-26-19-21-15(9-23(16)19)14-8-11(2)6-7-12(14)3/h6-10,13H,5H2,1-4H3,(H2,20,24)/t13-/m1/s1. The highest BCUT2D eigenvalue weighted by molar-refractivity contribution is 7.15. The van der Waals surface area contributed by atoms with Crippen LogP contribution in [-0.2, 0) is 4.79 Å². The van der Waals surface area contributed by atoms with E-state index in [0.29, 0.717) is 12.2 Å². The summed E-state index contributed by atoms with van der Waals surface area (Å²) in [6.45, 7) is 7.96. The highest BCUT2D eigenvalue weighted by Crippen LogP contribution is 2.27. The van der Waals surface area contributed by atoms with Crippen molar-refractivity contribution in [1.82, 2.24) is 14.3 Å². The first kappa shape index (κ1) is 18.1. The smallest absolute Gasteiger partial charge is 0.272 e. The molecule has 2 heterocycles. The largest absolute Gasteiger partial charge is 0.368 e. The van der Waals surface area contributed by atoms with Gasteiger partial charge in [-0.25, -0.2) is 4.98 Å². The van der Waals surface area contributed by atoms with Crippen molar-refractivity contribution in [1.29, 1.82) is 0 Å². The minimum Gasteiger partial charge on any atom is -0.368 e. The fourth-order valence-electron chi connectivity index (χ4n) is 2.97. The van der Waals surface area contributed by atoms with Crippen LogP contribution in [0.4, 0.5) is 0 Å². The number of aromatic nitrogens is 2. The van der Waals surface area contributed by atoms with Gasteiger partial charge in [-0.05, 0) is 39.3 Å². The van der Waals surface area contributed by atoms with E-state index < -0.39 is 11.9 Å². The molecule has 3 rings (SSSR count). The van der Waals surface area contributed by atoms with Gasteiger partial charge in [0, 0.05) is 23.7 Å². The SMILES string of the molecule is CCN(C(=O)c1csc2nc(-c3cc(C)ccc3C)cn12)[C@H](C)C(N)=O. The summed E-state index contributed by atoms with van der Waals surface area (Å²) in [6, 6.07) is 5.56. The van der Waals surface area contributed by atoms with Gasteiger partial charge in [-0.1, -0.05) is 17.7 Å². The number of thiazole rings is 1. The molecular formula is C19H22N4O2S. The number of carbonyl (C=O) groups excluding carboxylic acids is 2. The molecule has 0 fully saturated rings. The van der Waals surface area contributed by atoms with E-state index in [2.05, 4.69) is 23.2 Å². The van der Waals surface area contributed by atoms with Gasteiger partial charge in [-0.15, -0.1) is 11.3 Å². The molecule has 1 aromatic carbocycles. The molecular weight excluding hydrogens is 348 g/mol. The Labute approximate surface area is 156 Å². The highest BCUT2D eigenvalue weighted by atomic mass is 32.1. The van der Waals surface area contributed by atoms with E-state index in [0.717, 1.165) is 27.3 Å². The van der Waals surface area contributed by atoms with Crippen molar-refractivity contribution in [3.63, 3.8) is 0 Å². The van der Waals surface area contributed by atoms with Crippen molar-refractivity contribution in [2.24, 2.45) is 5.73 Å². The molecule has 2 aromatic heterocycles. The Hall–Kier alpha value is -2.67. The number of nitrogens with two attached hydrogens (primary N) is 1. The fraction of sp³-hybridized carbons (Fsp3) is 0.316. The summed E-state index contributed by atoms with van der Waals surface area (Å²) in [5.74, 6) is -0.747. The number of aryl methyl sites for hydroxylation is 2. The average Bonchev–Trinajstić information content (AvgIpc) is 3.17. The zero-order chi connectivity index (χ0) is 19.0. The molecule has 0 saturated carbocycles. The van der Waals surface area contributed by atoms with Crippen molar-refractivity contribution < 1.29 is 9.59 Å². The first-order valence-electron chi connectivity index (χ1n) is 8.48. The molecule has 0 unspecified atom stereocenters. The zero-order valence-electron chi connectivity index (χ0n) is 15.3. The topological polar surface area (TPSA) is 80.7 Å². The monoisotopic (exact) mass is 370 g/mol. The number of hydrogen-bond donors (Lipinski definition) is 1. The number of likely N-dealkylation sites (N-methyl/N-ethyl adjacent to an activating group) is 1. The molecule has 26 heavy (non-hydrogen) atoms. The molecule has 0 saturated heterocycles. The fourth-order valence-corrected chi connectivity index (χ4v) is 3.82. The Bertz CT molecular complexity index is 989. The number of nitrogens with zero attached hydrogens (tertiary/aromatic N) is 3. The third-order valence-electron chi connectivity index (χ3n) is 4.58. The Morgan fingerprint density at radius 2 is 2.08 bits per heavy atom. The second-order valence-corrected chi connectivity index (χ2v) is 7.22. The third kappa shape index (κ3) is 3.10. The van der Waals surface area contributed by atoms with Crippen molar-refractivity contribution >= 4 is 28.1 Å². The summed E-state index contributed by atoms with van der Waals surface area (Å²) in [7, 11) is 0. The van der Waals surface area contributed by atoms with Gasteiger partial charge in [-0.2, -0.15) is 0 Å². The molecule has 2 N–H and O–H groups in total. The number of imidazole rings is 1. The first-order chi connectivity index (χ1) is 12.3. The lowest BCUT2D eigenvalue weighted by Crippen LogP contribution is -2.46. The van der Waals surface area contributed by atoms with Crippen LogP contribution in [0, 0.1) is 13.8 Å². The third-order valence-corrected chi connectivity index (χ3v) is 5.42. The predicted octanol–water partition coefficient (Wildman–Crippen LogP) is 3.02. The van der Waals surface area contributed by atoms with Gasteiger partial charge < -0.3 is 10.6 Å². The quantitative estimate of drug-likeness (QED) is 0.750. The zero-order valence-corrected chi connectivity index (χ0v) is 16.1. The van der Waals surface area contributed by atoms with Crippen LogP contribution in [0.15, 0.2) is 29.8 Å². The van der Waals surface area contributed by atoms with Gasteiger partial charge >= 0.3 is 0 Å². The van der Waals surface area contributed by atoms with E-state index in [1.54, 1.807) is 16.7 Å². The molecule has 0 aliphatic rings. The van der Waals surface area contributed by atoms with Gasteiger partial charge in [0.1, 0.15) is 11.7 Å². The number of primary amides is 1. The normalized spacial score (nSPS) is 12.3. The maximum Gasteiger partial charge on any atom is 0.272 e. The number of rotatable bonds is 5. The molecule has 1 atom stereocenters. The lowest BCUT2D eigenvalue weighted by molar-refractivity contribution is -0.121. The van der Waals surface area contributed by atoms with Crippen LogP contribution in [0.5, 0.6) is 0 Å². The van der Waals surface area contributed by atoms with Gasteiger partial charge in [0.25, 0.3) is 5.91 Å². The minimum atomic E-state index is -0.663. The summed E-state index contributed by atoms with van der Waals surface area (Å²) >= 11 is 1.40.